The molecule has 2 aromatic heterocycles. The number of nitrogens with zero attached hydrogens (tertiary/aromatic N) is 4. The van der Waals surface area contributed by atoms with Crippen LogP contribution in [0.5, 0.6) is 0 Å². The van der Waals surface area contributed by atoms with Crippen molar-refractivity contribution in [2.75, 3.05) is 6.61 Å². The van der Waals surface area contributed by atoms with Crippen LogP contribution in [-0.4, -0.2) is 26.1 Å². The van der Waals surface area contributed by atoms with Gasteiger partial charge in [0, 0.05) is 12.2 Å². The van der Waals surface area contributed by atoms with E-state index in [2.05, 4.69) is 28.6 Å². The average Bonchev–Trinajstić information content (AvgIpc) is 3.38. The van der Waals surface area contributed by atoms with Gasteiger partial charge in [-0.25, -0.2) is 15.0 Å². The fraction of sp³-hybridized carbons (Fsp3) is 0.522. The zero-order valence-electron chi connectivity index (χ0n) is 16.7. The molecule has 5 rings (SSSR count). The van der Waals surface area contributed by atoms with Crippen molar-refractivity contribution >= 4 is 11.2 Å². The lowest BCUT2D eigenvalue weighted by atomic mass is 9.94. The molecule has 5 nitrogen and oxygen atoms in total. The highest BCUT2D eigenvalue weighted by atomic mass is 16.5. The largest absolute Gasteiger partial charge is 0.358 e. The smallest absolute Gasteiger partial charge is 0.165 e. The quantitative estimate of drug-likeness (QED) is 0.627. The highest BCUT2D eigenvalue weighted by molar-refractivity contribution is 5.88. The van der Waals surface area contributed by atoms with Gasteiger partial charge < -0.3 is 4.74 Å². The molecule has 5 heteroatoms. The number of hydrogen-bond donors (Lipinski definition) is 0. The van der Waals surface area contributed by atoms with E-state index in [1.165, 1.54) is 60.8 Å². The van der Waals surface area contributed by atoms with Crippen LogP contribution in [0.3, 0.4) is 0 Å². The molecule has 1 aliphatic heterocycles. The van der Waals surface area contributed by atoms with Gasteiger partial charge in [0.15, 0.2) is 5.65 Å². The summed E-state index contributed by atoms with van der Waals surface area (Å²) in [5.74, 6) is 0. The molecule has 1 fully saturated rings. The Morgan fingerprint density at radius 1 is 1.07 bits per heavy atom. The lowest BCUT2D eigenvalue weighted by molar-refractivity contribution is -0.0298. The van der Waals surface area contributed by atoms with Gasteiger partial charge in [0.05, 0.1) is 6.33 Å². The maximum Gasteiger partial charge on any atom is 0.165 e. The Morgan fingerprint density at radius 2 is 1.96 bits per heavy atom. The molecule has 1 aromatic carbocycles. The third-order valence-electron chi connectivity index (χ3n) is 6.20. The molecule has 0 bridgehead atoms. The van der Waals surface area contributed by atoms with Crippen molar-refractivity contribution in [1.82, 2.24) is 19.5 Å². The SMILES string of the molecule is CCCCc1cc2c(cc1-c1ncnc3c1ncn3C1CCCCO1)CCC2. The van der Waals surface area contributed by atoms with Crippen LogP contribution < -0.4 is 0 Å². The monoisotopic (exact) mass is 376 g/mol. The van der Waals surface area contributed by atoms with Crippen molar-refractivity contribution < 1.29 is 4.74 Å². The molecule has 0 saturated carbocycles. The van der Waals surface area contributed by atoms with E-state index in [9.17, 15) is 0 Å². The zero-order valence-corrected chi connectivity index (χ0v) is 16.7. The van der Waals surface area contributed by atoms with Crippen molar-refractivity contribution in [2.45, 2.75) is 70.9 Å². The first-order valence-electron chi connectivity index (χ1n) is 10.8. The Hall–Kier alpha value is -2.27. The second kappa shape index (κ2) is 7.63. The van der Waals surface area contributed by atoms with Gasteiger partial charge in [-0.1, -0.05) is 19.4 Å². The number of imidazole rings is 1. The first kappa shape index (κ1) is 17.8. The summed E-state index contributed by atoms with van der Waals surface area (Å²) < 4.78 is 8.07. The maximum absolute atomic E-state index is 5.98. The molecule has 3 heterocycles. The number of rotatable bonds is 5. The molecule has 0 radical (unpaired) electrons. The van der Waals surface area contributed by atoms with E-state index < -0.39 is 0 Å². The minimum absolute atomic E-state index is 0.0427. The first-order valence-corrected chi connectivity index (χ1v) is 10.8. The lowest BCUT2D eigenvalue weighted by Crippen LogP contribution is -2.17. The standard InChI is InChI=1S/C23H28N4O/c1-2-3-7-18-12-16-8-6-9-17(16)13-19(18)21-22-23(25-14-24-21)27(15-26-22)20-10-4-5-11-28-20/h12-15,20H,2-11H2,1H3. The molecule has 0 amide bonds. The van der Waals surface area contributed by atoms with Crippen LogP contribution in [0.1, 0.15) is 68.4 Å². The highest BCUT2D eigenvalue weighted by Crippen LogP contribution is 2.35. The Balaban J connectivity index is 1.62. The minimum Gasteiger partial charge on any atom is -0.358 e. The number of aromatic nitrogens is 4. The summed E-state index contributed by atoms with van der Waals surface area (Å²) in [5.41, 5.74) is 8.42. The van der Waals surface area contributed by atoms with Gasteiger partial charge in [0.2, 0.25) is 0 Å². The van der Waals surface area contributed by atoms with Crippen LogP contribution in [0, 0.1) is 0 Å². The van der Waals surface area contributed by atoms with E-state index in [1.807, 2.05) is 6.33 Å². The van der Waals surface area contributed by atoms with Crippen molar-refractivity contribution in [1.29, 1.82) is 0 Å². The van der Waals surface area contributed by atoms with Crippen molar-refractivity contribution in [3.8, 4) is 11.3 Å². The second-order valence-electron chi connectivity index (χ2n) is 8.10. The van der Waals surface area contributed by atoms with Crippen molar-refractivity contribution in [3.05, 3.63) is 41.5 Å². The number of hydrogen-bond acceptors (Lipinski definition) is 4. The number of fused-ring (bicyclic) bond motifs is 2. The van der Waals surface area contributed by atoms with Gasteiger partial charge in [0.25, 0.3) is 0 Å². The molecule has 28 heavy (non-hydrogen) atoms. The molecule has 1 unspecified atom stereocenters. The van der Waals surface area contributed by atoms with E-state index in [4.69, 9.17) is 14.7 Å². The number of ether oxygens (including phenoxy) is 1. The van der Waals surface area contributed by atoms with E-state index >= 15 is 0 Å². The molecular weight excluding hydrogens is 348 g/mol. The molecule has 0 spiro atoms. The summed E-state index contributed by atoms with van der Waals surface area (Å²) >= 11 is 0. The number of aryl methyl sites for hydroxylation is 3. The third kappa shape index (κ3) is 3.12. The molecule has 2 aliphatic rings. The Kier molecular flexibility index (Phi) is 4.85. The first-order chi connectivity index (χ1) is 13.8. The van der Waals surface area contributed by atoms with Crippen LogP contribution >= 0.6 is 0 Å². The number of unbranched alkanes of at least 4 members (excludes halogenated alkanes) is 1. The van der Waals surface area contributed by atoms with Gasteiger partial charge in [0.1, 0.15) is 23.8 Å². The van der Waals surface area contributed by atoms with Gasteiger partial charge in [-0.3, -0.25) is 4.57 Å². The summed E-state index contributed by atoms with van der Waals surface area (Å²) in [6.07, 6.45) is 14.1. The molecule has 1 atom stereocenters. The Bertz CT molecular complexity index is 988. The van der Waals surface area contributed by atoms with Crippen LogP contribution in [0.4, 0.5) is 0 Å². The summed E-state index contributed by atoms with van der Waals surface area (Å²) in [5, 5.41) is 0. The van der Waals surface area contributed by atoms with Gasteiger partial charge >= 0.3 is 0 Å². The maximum atomic E-state index is 5.98. The molecule has 0 N–H and O–H groups in total. The Morgan fingerprint density at radius 3 is 2.79 bits per heavy atom. The third-order valence-corrected chi connectivity index (χ3v) is 6.20. The molecule has 1 saturated heterocycles. The molecule has 146 valence electrons. The fourth-order valence-corrected chi connectivity index (χ4v) is 4.67. The molecular formula is C23H28N4O. The van der Waals surface area contributed by atoms with Crippen LogP contribution in [0.15, 0.2) is 24.8 Å². The van der Waals surface area contributed by atoms with Crippen molar-refractivity contribution in [2.24, 2.45) is 0 Å². The minimum atomic E-state index is 0.0427. The summed E-state index contributed by atoms with van der Waals surface area (Å²) in [7, 11) is 0. The van der Waals surface area contributed by atoms with E-state index in [0.29, 0.717) is 0 Å². The van der Waals surface area contributed by atoms with E-state index in [1.54, 1.807) is 6.33 Å². The van der Waals surface area contributed by atoms with Gasteiger partial charge in [-0.2, -0.15) is 0 Å². The molecule has 3 aromatic rings. The van der Waals surface area contributed by atoms with Gasteiger partial charge in [-0.05, 0) is 74.1 Å². The van der Waals surface area contributed by atoms with E-state index in [0.717, 1.165) is 42.7 Å². The summed E-state index contributed by atoms with van der Waals surface area (Å²) in [6, 6.07) is 4.81. The van der Waals surface area contributed by atoms with Crippen LogP contribution in [-0.2, 0) is 24.0 Å². The topological polar surface area (TPSA) is 52.8 Å². The summed E-state index contributed by atoms with van der Waals surface area (Å²) in [4.78, 5) is 14.0. The predicted octanol–water partition coefficient (Wildman–Crippen LogP) is 5.02. The molecule has 1 aliphatic carbocycles. The second-order valence-corrected chi connectivity index (χ2v) is 8.10. The summed E-state index contributed by atoms with van der Waals surface area (Å²) in [6.45, 7) is 3.07. The van der Waals surface area contributed by atoms with Gasteiger partial charge in [-0.15, -0.1) is 0 Å². The highest BCUT2D eigenvalue weighted by Gasteiger charge is 2.22. The average molecular weight is 377 g/mol. The van der Waals surface area contributed by atoms with Crippen LogP contribution in [0.25, 0.3) is 22.4 Å². The van der Waals surface area contributed by atoms with Crippen LogP contribution in [0.2, 0.25) is 0 Å². The zero-order chi connectivity index (χ0) is 18.9. The van der Waals surface area contributed by atoms with E-state index in [-0.39, 0.29) is 6.23 Å². The predicted molar refractivity (Wildman–Crippen MR) is 110 cm³/mol. The number of benzene rings is 1. The Labute approximate surface area is 166 Å². The lowest BCUT2D eigenvalue weighted by Gasteiger charge is -2.23. The van der Waals surface area contributed by atoms with Crippen molar-refractivity contribution in [3.63, 3.8) is 0 Å². The fourth-order valence-electron chi connectivity index (χ4n) is 4.67. The normalized spacial score (nSPS) is 19.2.